The Balaban J connectivity index is 1.31. The van der Waals surface area contributed by atoms with Gasteiger partial charge in [0.25, 0.3) is 15.9 Å². The minimum absolute atomic E-state index is 0.00309. The number of hydrogen-bond donors (Lipinski definition) is 2. The van der Waals surface area contributed by atoms with Gasteiger partial charge in [0.2, 0.25) is 11.0 Å². The molecule has 2 N–H and O–H groups in total. The van der Waals surface area contributed by atoms with Crippen molar-refractivity contribution < 1.29 is 26.8 Å². The highest BCUT2D eigenvalue weighted by atomic mass is 35.5. The van der Waals surface area contributed by atoms with Crippen LogP contribution in [0.1, 0.15) is 75.2 Å². The number of carbonyl (C=O) groups excluding carboxylic acids is 2. The first-order valence-corrected chi connectivity index (χ1v) is 13.4. The Morgan fingerprint density at radius 2 is 1.97 bits per heavy atom. The molecule has 3 aromatic rings. The molecule has 1 atom stereocenters. The van der Waals surface area contributed by atoms with Gasteiger partial charge in [0.1, 0.15) is 5.52 Å². The fraction of sp³-hybridized carbons (Fsp3) is 0.458. The third-order valence-electron chi connectivity index (χ3n) is 6.17. The van der Waals surface area contributed by atoms with Gasteiger partial charge in [0, 0.05) is 23.4 Å². The number of furan rings is 1. The summed E-state index contributed by atoms with van der Waals surface area (Å²) in [5, 5.41) is 3.00. The van der Waals surface area contributed by atoms with Crippen LogP contribution in [0.5, 0.6) is 0 Å². The van der Waals surface area contributed by atoms with Crippen LogP contribution >= 0.6 is 11.6 Å². The molecule has 9 nitrogen and oxygen atoms in total. The van der Waals surface area contributed by atoms with Gasteiger partial charge in [-0.1, -0.05) is 25.4 Å². The maximum atomic E-state index is 12.6. The third-order valence-corrected chi connectivity index (χ3v) is 7.65. The smallest absolute Gasteiger partial charge is 0.297 e. The van der Waals surface area contributed by atoms with Crippen molar-refractivity contribution in [2.45, 2.75) is 69.9 Å². The lowest BCUT2D eigenvalue weighted by Gasteiger charge is -2.45. The molecule has 1 aliphatic rings. The summed E-state index contributed by atoms with van der Waals surface area (Å²) in [6.45, 7) is 5.81. The van der Waals surface area contributed by atoms with E-state index in [0.717, 1.165) is 30.8 Å². The van der Waals surface area contributed by atoms with E-state index < -0.39 is 26.9 Å². The normalized spacial score (nSPS) is 20.9. The molecule has 1 aromatic carbocycles. The van der Waals surface area contributed by atoms with Crippen LogP contribution in [-0.2, 0) is 14.8 Å². The lowest BCUT2D eigenvalue weighted by molar-refractivity contribution is -0.119. The van der Waals surface area contributed by atoms with Crippen LogP contribution in [0.4, 0.5) is 0 Å². The van der Waals surface area contributed by atoms with Crippen molar-refractivity contribution in [3.8, 4) is 0 Å². The van der Waals surface area contributed by atoms with Crippen LogP contribution in [0.25, 0.3) is 11.1 Å². The molecular weight excluding hydrogens is 494 g/mol. The topological polar surface area (TPSA) is 132 Å². The molecule has 0 spiro atoms. The van der Waals surface area contributed by atoms with Crippen molar-refractivity contribution in [3.05, 3.63) is 47.0 Å². The molecule has 0 bridgehead atoms. The first kappa shape index (κ1) is 25.2. The molecule has 11 heteroatoms. The maximum Gasteiger partial charge on any atom is 0.297 e. The van der Waals surface area contributed by atoms with Gasteiger partial charge in [-0.2, -0.15) is 8.42 Å². The molecule has 1 aliphatic carbocycles. The molecule has 1 saturated carbocycles. The molecular formula is C24H28ClN3O6S. The highest BCUT2D eigenvalue weighted by Gasteiger charge is 2.44. The molecule has 188 valence electrons. The number of aromatic nitrogens is 1. The highest BCUT2D eigenvalue weighted by molar-refractivity contribution is 7.89. The van der Waals surface area contributed by atoms with E-state index in [-0.39, 0.29) is 29.6 Å². The summed E-state index contributed by atoms with van der Waals surface area (Å²) in [5.74, 6) is -0.380. The van der Waals surface area contributed by atoms with Crippen molar-refractivity contribution in [1.82, 2.24) is 15.0 Å². The van der Waals surface area contributed by atoms with E-state index in [1.54, 1.807) is 19.1 Å². The summed E-state index contributed by atoms with van der Waals surface area (Å²) in [4.78, 5) is 28.8. The quantitative estimate of drug-likeness (QED) is 0.414. The van der Waals surface area contributed by atoms with Crippen LogP contribution in [0.15, 0.2) is 44.3 Å². The number of benzene rings is 1. The van der Waals surface area contributed by atoms with Crippen LogP contribution in [-0.4, -0.2) is 31.3 Å². The molecule has 0 radical (unpaired) electrons. The van der Waals surface area contributed by atoms with Crippen molar-refractivity contribution in [3.63, 3.8) is 0 Å². The number of halogens is 1. The number of carbonyl (C=O) groups is 2. The standard InChI is InChI=1S/C24H28ClN3O6S/c1-4-5-20(29)28-35(31,32)21-9-8-19(33-21)22(30)26-14(2)11-24(3)12-15(13-24)23-27-17-10-16(25)6-7-18(17)34-23/h6-10,14-15H,4-5,11-13H2,1-3H3,(H,26,30)(H,28,29)/t14-,15?,24?/m0/s1. The van der Waals surface area contributed by atoms with Crippen molar-refractivity contribution in [2.75, 3.05) is 0 Å². The van der Waals surface area contributed by atoms with E-state index in [1.165, 1.54) is 6.07 Å². The zero-order valence-corrected chi connectivity index (χ0v) is 21.3. The zero-order valence-electron chi connectivity index (χ0n) is 19.8. The number of rotatable bonds is 9. The summed E-state index contributed by atoms with van der Waals surface area (Å²) >= 11 is 6.03. The van der Waals surface area contributed by atoms with E-state index in [4.69, 9.17) is 20.4 Å². The average molecular weight is 522 g/mol. The number of hydrogen-bond acceptors (Lipinski definition) is 7. The lowest BCUT2D eigenvalue weighted by atomic mass is 9.60. The summed E-state index contributed by atoms with van der Waals surface area (Å²) in [7, 11) is -4.16. The Hall–Kier alpha value is -2.85. The Bertz CT molecular complexity index is 1360. The summed E-state index contributed by atoms with van der Waals surface area (Å²) < 4.78 is 37.6. The largest absolute Gasteiger partial charge is 0.440 e. The molecule has 4 rings (SSSR count). The number of nitrogens with one attached hydrogen (secondary N) is 2. The van der Waals surface area contributed by atoms with Gasteiger partial charge in [-0.05, 0) is 68.4 Å². The fourth-order valence-electron chi connectivity index (χ4n) is 4.71. The number of fused-ring (bicyclic) bond motifs is 1. The highest BCUT2D eigenvalue weighted by Crippen LogP contribution is 2.53. The predicted molar refractivity (Wildman–Crippen MR) is 130 cm³/mol. The molecule has 2 aromatic heterocycles. The van der Waals surface area contributed by atoms with Crippen molar-refractivity contribution in [2.24, 2.45) is 5.41 Å². The third kappa shape index (κ3) is 5.70. The fourth-order valence-corrected chi connectivity index (χ4v) is 5.83. The first-order chi connectivity index (χ1) is 16.5. The molecule has 1 fully saturated rings. The molecule has 35 heavy (non-hydrogen) atoms. The van der Waals surface area contributed by atoms with E-state index >= 15 is 0 Å². The van der Waals surface area contributed by atoms with Gasteiger partial charge in [0.05, 0.1) is 0 Å². The molecule has 0 saturated heterocycles. The number of sulfonamides is 1. The first-order valence-electron chi connectivity index (χ1n) is 11.5. The van der Waals surface area contributed by atoms with Crippen molar-refractivity contribution in [1.29, 1.82) is 0 Å². The summed E-state index contributed by atoms with van der Waals surface area (Å²) in [5.41, 5.74) is 1.45. The Morgan fingerprint density at radius 3 is 2.69 bits per heavy atom. The lowest BCUT2D eigenvalue weighted by Crippen LogP contribution is -2.41. The minimum Gasteiger partial charge on any atom is -0.440 e. The number of amides is 2. The second-order valence-corrected chi connectivity index (χ2v) is 11.6. The monoisotopic (exact) mass is 521 g/mol. The van der Waals surface area contributed by atoms with Crippen LogP contribution in [0.3, 0.4) is 0 Å². The van der Waals surface area contributed by atoms with E-state index in [0.29, 0.717) is 22.9 Å². The minimum atomic E-state index is -4.16. The maximum absolute atomic E-state index is 12.6. The molecule has 0 aliphatic heterocycles. The summed E-state index contributed by atoms with van der Waals surface area (Å²) in [6.07, 6.45) is 3.04. The average Bonchev–Trinajstić information content (AvgIpc) is 3.39. The van der Waals surface area contributed by atoms with Gasteiger partial charge < -0.3 is 14.2 Å². The molecule has 0 unspecified atom stereocenters. The van der Waals surface area contributed by atoms with Crippen LogP contribution in [0, 0.1) is 5.41 Å². The number of oxazole rings is 1. The van der Waals surface area contributed by atoms with Gasteiger partial charge >= 0.3 is 0 Å². The second kappa shape index (κ2) is 9.66. The van der Waals surface area contributed by atoms with E-state index in [2.05, 4.69) is 17.2 Å². The van der Waals surface area contributed by atoms with E-state index in [1.807, 2.05) is 17.7 Å². The molecule has 2 amide bonds. The second-order valence-electron chi connectivity index (χ2n) is 9.56. The Labute approximate surface area is 208 Å². The van der Waals surface area contributed by atoms with Crippen molar-refractivity contribution >= 4 is 44.5 Å². The van der Waals surface area contributed by atoms with E-state index in [9.17, 15) is 18.0 Å². The van der Waals surface area contributed by atoms with Gasteiger partial charge in [-0.15, -0.1) is 0 Å². The van der Waals surface area contributed by atoms with Crippen LogP contribution in [0.2, 0.25) is 5.02 Å². The SMILES string of the molecule is CCCC(=O)NS(=O)(=O)c1ccc(C(=O)N[C@@H](C)CC2(C)CC(c3nc4cc(Cl)ccc4o3)C2)o1. The van der Waals surface area contributed by atoms with Gasteiger partial charge in [-0.25, -0.2) is 9.71 Å². The predicted octanol–water partition coefficient (Wildman–Crippen LogP) is 4.77. The summed E-state index contributed by atoms with van der Waals surface area (Å²) in [6, 6.07) is 7.63. The molecule has 2 heterocycles. The van der Waals surface area contributed by atoms with Gasteiger partial charge in [-0.3, -0.25) is 9.59 Å². The Morgan fingerprint density at radius 1 is 1.23 bits per heavy atom. The van der Waals surface area contributed by atoms with Crippen LogP contribution < -0.4 is 10.0 Å². The van der Waals surface area contributed by atoms with Gasteiger partial charge in [0.15, 0.2) is 17.2 Å². The number of nitrogens with zero attached hydrogens (tertiary/aromatic N) is 1. The zero-order chi connectivity index (χ0) is 25.4. The Kier molecular flexibility index (Phi) is 6.97.